The van der Waals surface area contributed by atoms with Gasteiger partial charge < -0.3 is 5.32 Å². The molecule has 1 aliphatic carbocycles. The van der Waals surface area contributed by atoms with E-state index in [0.717, 1.165) is 13.0 Å². The molecule has 1 aromatic rings. The molecule has 4 nitrogen and oxygen atoms in total. The molecule has 0 saturated heterocycles. The molecule has 0 atom stereocenters. The van der Waals surface area contributed by atoms with Gasteiger partial charge in [-0.3, -0.25) is 4.72 Å². The van der Waals surface area contributed by atoms with Crippen molar-refractivity contribution in [2.45, 2.75) is 31.7 Å². The van der Waals surface area contributed by atoms with Gasteiger partial charge in [-0.2, -0.15) is 0 Å². The summed E-state index contributed by atoms with van der Waals surface area (Å²) in [5.74, 6) is 0.0515. The maximum atomic E-state index is 12.0. The average molecular weight is 372 g/mol. The van der Waals surface area contributed by atoms with Crippen LogP contribution < -0.4 is 10.0 Å². The molecule has 1 saturated carbocycles. The van der Waals surface area contributed by atoms with E-state index in [-0.39, 0.29) is 26.5 Å². The van der Waals surface area contributed by atoms with Crippen molar-refractivity contribution in [3.05, 3.63) is 27.2 Å². The Morgan fingerprint density at radius 2 is 1.71 bits per heavy atom. The summed E-state index contributed by atoms with van der Waals surface area (Å²) in [6, 6.07) is 3.48. The third-order valence-corrected chi connectivity index (χ3v) is 5.52. The van der Waals surface area contributed by atoms with Gasteiger partial charge in [0.2, 0.25) is 10.0 Å². The van der Waals surface area contributed by atoms with Crippen LogP contribution in [0.15, 0.2) is 12.1 Å². The van der Waals surface area contributed by atoms with Gasteiger partial charge in [0, 0.05) is 6.04 Å². The number of sulfonamides is 1. The predicted octanol–water partition coefficient (Wildman–Crippen LogP) is 3.92. The van der Waals surface area contributed by atoms with Gasteiger partial charge in [-0.05, 0) is 44.4 Å². The maximum absolute atomic E-state index is 12.0. The fourth-order valence-corrected chi connectivity index (χ4v) is 3.67. The number of unbranched alkanes of at least 4 members (excludes halogenated alkanes) is 1. The Morgan fingerprint density at radius 3 is 2.38 bits per heavy atom. The normalized spacial score (nSPS) is 15.2. The molecule has 1 fully saturated rings. The molecule has 0 amide bonds. The third-order valence-electron chi connectivity index (χ3n) is 3.13. The van der Waals surface area contributed by atoms with Gasteiger partial charge >= 0.3 is 0 Å². The molecule has 0 spiro atoms. The van der Waals surface area contributed by atoms with Crippen LogP contribution >= 0.6 is 34.8 Å². The van der Waals surface area contributed by atoms with Gasteiger partial charge in [0.1, 0.15) is 0 Å². The lowest BCUT2D eigenvalue weighted by molar-refractivity contribution is 0.591. The van der Waals surface area contributed by atoms with Crippen molar-refractivity contribution < 1.29 is 8.42 Å². The topological polar surface area (TPSA) is 58.2 Å². The lowest BCUT2D eigenvalue weighted by Crippen LogP contribution is -2.20. The highest BCUT2D eigenvalue weighted by molar-refractivity contribution is 7.92. The highest BCUT2D eigenvalue weighted by atomic mass is 35.5. The highest BCUT2D eigenvalue weighted by Gasteiger charge is 2.19. The largest absolute Gasteiger partial charge is 0.314 e. The van der Waals surface area contributed by atoms with Gasteiger partial charge in [0.15, 0.2) is 0 Å². The molecule has 8 heteroatoms. The Bertz CT molecular complexity index is 604. The summed E-state index contributed by atoms with van der Waals surface area (Å²) in [5.41, 5.74) is 0.252. The first-order valence-electron chi connectivity index (χ1n) is 6.76. The van der Waals surface area contributed by atoms with Crippen molar-refractivity contribution >= 4 is 50.5 Å². The van der Waals surface area contributed by atoms with Crippen LogP contribution in [-0.4, -0.2) is 26.8 Å². The minimum atomic E-state index is -3.44. The van der Waals surface area contributed by atoms with E-state index >= 15 is 0 Å². The van der Waals surface area contributed by atoms with Gasteiger partial charge in [0.05, 0.1) is 26.5 Å². The average Bonchev–Trinajstić information content (AvgIpc) is 3.19. The Hall–Kier alpha value is -0.200. The van der Waals surface area contributed by atoms with Crippen LogP contribution in [0.25, 0.3) is 0 Å². The molecular formula is C13H17Cl3N2O2S. The third kappa shape index (κ3) is 5.83. The Labute approximate surface area is 140 Å². The minimum absolute atomic E-state index is 0.0515. The first kappa shape index (κ1) is 17.2. The van der Waals surface area contributed by atoms with Gasteiger partial charge in [0.25, 0.3) is 0 Å². The van der Waals surface area contributed by atoms with Crippen LogP contribution in [0.4, 0.5) is 5.69 Å². The molecule has 2 N–H and O–H groups in total. The maximum Gasteiger partial charge on any atom is 0.232 e. The summed E-state index contributed by atoms with van der Waals surface area (Å²) in [6.45, 7) is 0.855. The van der Waals surface area contributed by atoms with Crippen LogP contribution in [0.2, 0.25) is 15.1 Å². The van der Waals surface area contributed by atoms with Crippen LogP contribution in [-0.2, 0) is 10.0 Å². The van der Waals surface area contributed by atoms with E-state index in [0.29, 0.717) is 12.5 Å². The summed E-state index contributed by atoms with van der Waals surface area (Å²) in [4.78, 5) is 0. The zero-order valence-electron chi connectivity index (χ0n) is 11.3. The second-order valence-corrected chi connectivity index (χ2v) is 8.17. The van der Waals surface area contributed by atoms with Crippen molar-refractivity contribution in [1.82, 2.24) is 5.32 Å². The molecular weight excluding hydrogens is 355 g/mol. The number of halogens is 3. The van der Waals surface area contributed by atoms with Crippen molar-refractivity contribution in [2.24, 2.45) is 0 Å². The Morgan fingerprint density at radius 1 is 1.05 bits per heavy atom. The minimum Gasteiger partial charge on any atom is -0.314 e. The van der Waals surface area contributed by atoms with Crippen LogP contribution in [0.5, 0.6) is 0 Å². The van der Waals surface area contributed by atoms with E-state index in [1.165, 1.54) is 25.0 Å². The van der Waals surface area contributed by atoms with Crippen LogP contribution in [0.3, 0.4) is 0 Å². The Kier molecular flexibility index (Phi) is 6.03. The number of rotatable bonds is 8. The number of nitrogens with one attached hydrogen (secondary N) is 2. The fourth-order valence-electron chi connectivity index (χ4n) is 1.83. The van der Waals surface area contributed by atoms with Crippen molar-refractivity contribution in [1.29, 1.82) is 0 Å². The predicted molar refractivity (Wildman–Crippen MR) is 89.1 cm³/mol. The number of hydrogen-bond acceptors (Lipinski definition) is 3. The SMILES string of the molecule is O=S(=O)(CCCCNC1CC1)Nc1cc(Cl)c(Cl)cc1Cl. The lowest BCUT2D eigenvalue weighted by Gasteiger charge is -2.11. The van der Waals surface area contributed by atoms with E-state index in [2.05, 4.69) is 10.0 Å². The van der Waals surface area contributed by atoms with Gasteiger partial charge in [-0.15, -0.1) is 0 Å². The number of benzene rings is 1. The van der Waals surface area contributed by atoms with E-state index in [9.17, 15) is 8.42 Å². The van der Waals surface area contributed by atoms with E-state index in [1.54, 1.807) is 0 Å². The summed E-state index contributed by atoms with van der Waals surface area (Å²) in [5, 5.41) is 4.12. The summed E-state index contributed by atoms with van der Waals surface area (Å²) >= 11 is 17.6. The monoisotopic (exact) mass is 370 g/mol. The molecule has 1 aromatic carbocycles. The summed E-state index contributed by atoms with van der Waals surface area (Å²) in [7, 11) is -3.44. The highest BCUT2D eigenvalue weighted by Crippen LogP contribution is 2.32. The Balaban J connectivity index is 1.83. The first-order valence-corrected chi connectivity index (χ1v) is 9.54. The molecule has 0 aliphatic heterocycles. The molecule has 21 heavy (non-hydrogen) atoms. The summed E-state index contributed by atoms with van der Waals surface area (Å²) < 4.78 is 26.4. The molecule has 0 unspecified atom stereocenters. The smallest absolute Gasteiger partial charge is 0.232 e. The lowest BCUT2D eigenvalue weighted by atomic mass is 10.3. The first-order chi connectivity index (χ1) is 9.87. The second-order valence-electron chi connectivity index (χ2n) is 5.10. The number of anilines is 1. The zero-order valence-corrected chi connectivity index (χ0v) is 14.4. The fraction of sp³-hybridized carbons (Fsp3) is 0.538. The number of hydrogen-bond donors (Lipinski definition) is 2. The second kappa shape index (κ2) is 7.38. The molecule has 0 aromatic heterocycles. The molecule has 1 aliphatic rings. The van der Waals surface area contributed by atoms with Crippen molar-refractivity contribution in [3.63, 3.8) is 0 Å². The standard InChI is InChI=1S/C13H17Cl3N2O2S/c14-10-7-12(16)13(8-11(10)15)18-21(19,20)6-2-1-5-17-9-3-4-9/h7-9,17-18H,1-6H2. The zero-order chi connectivity index (χ0) is 15.5. The van der Waals surface area contributed by atoms with Gasteiger partial charge in [-0.25, -0.2) is 8.42 Å². The van der Waals surface area contributed by atoms with E-state index in [4.69, 9.17) is 34.8 Å². The molecule has 0 bridgehead atoms. The summed E-state index contributed by atoms with van der Waals surface area (Å²) in [6.07, 6.45) is 3.88. The van der Waals surface area contributed by atoms with Crippen LogP contribution in [0, 0.1) is 0 Å². The van der Waals surface area contributed by atoms with Crippen molar-refractivity contribution in [3.8, 4) is 0 Å². The van der Waals surface area contributed by atoms with Gasteiger partial charge in [-0.1, -0.05) is 34.8 Å². The van der Waals surface area contributed by atoms with Crippen LogP contribution in [0.1, 0.15) is 25.7 Å². The molecule has 2 rings (SSSR count). The quantitative estimate of drug-likeness (QED) is 0.538. The van der Waals surface area contributed by atoms with Crippen molar-refractivity contribution in [2.75, 3.05) is 17.0 Å². The van der Waals surface area contributed by atoms with E-state index in [1.807, 2.05) is 0 Å². The molecule has 0 heterocycles. The molecule has 118 valence electrons. The van der Waals surface area contributed by atoms with E-state index < -0.39 is 10.0 Å². The molecule has 0 radical (unpaired) electrons.